The highest BCUT2D eigenvalue weighted by atomic mass is 19.3. The average Bonchev–Trinajstić information content (AvgIpc) is 2.79. The molecule has 1 aliphatic carbocycles. The summed E-state index contributed by atoms with van der Waals surface area (Å²) in [4.78, 5) is 0. The highest BCUT2D eigenvalue weighted by molar-refractivity contribution is 5.52. The first-order valence-corrected chi connectivity index (χ1v) is 11.9. The summed E-state index contributed by atoms with van der Waals surface area (Å²) in [6.07, 6.45) is 13.7. The van der Waals surface area contributed by atoms with Gasteiger partial charge in [0.1, 0.15) is 0 Å². The lowest BCUT2D eigenvalue weighted by atomic mass is 9.78. The van der Waals surface area contributed by atoms with Crippen molar-refractivity contribution in [3.8, 4) is 5.75 Å². The zero-order valence-corrected chi connectivity index (χ0v) is 19.4. The molecule has 0 aromatic heterocycles. The van der Waals surface area contributed by atoms with Gasteiger partial charge >= 0.3 is 0 Å². The fraction of sp³-hybridized carbons (Fsp3) is 0.556. The van der Waals surface area contributed by atoms with Gasteiger partial charge in [0.15, 0.2) is 11.6 Å². The molecule has 1 saturated carbocycles. The molecule has 0 N–H and O–H groups in total. The maximum atomic E-state index is 14.5. The number of benzene rings is 1. The van der Waals surface area contributed by atoms with Crippen LogP contribution in [0.4, 0.5) is 17.6 Å². The van der Waals surface area contributed by atoms with E-state index >= 15 is 0 Å². The van der Waals surface area contributed by atoms with Gasteiger partial charge in [0, 0.05) is 23.8 Å². The molecule has 182 valence electrons. The molecule has 1 aliphatic heterocycles. The molecule has 4 unspecified atom stereocenters. The first-order valence-electron chi connectivity index (χ1n) is 11.9. The van der Waals surface area contributed by atoms with E-state index in [1.54, 1.807) is 18.2 Å². The van der Waals surface area contributed by atoms with Gasteiger partial charge in [-0.15, -0.1) is 0 Å². The number of allylic oxidation sites excluding steroid dienone is 3. The molecular formula is C27H34F4O2. The summed E-state index contributed by atoms with van der Waals surface area (Å²) in [6, 6.07) is 2.94. The molecule has 2 nitrogen and oxygen atoms in total. The van der Waals surface area contributed by atoms with Crippen molar-refractivity contribution < 1.29 is 27.0 Å². The third-order valence-corrected chi connectivity index (χ3v) is 6.38. The summed E-state index contributed by atoms with van der Waals surface area (Å²) in [5, 5.41) is 0. The van der Waals surface area contributed by atoms with Gasteiger partial charge in [-0.1, -0.05) is 43.4 Å². The van der Waals surface area contributed by atoms with E-state index in [2.05, 4.69) is 0 Å². The molecule has 1 aromatic rings. The third-order valence-electron chi connectivity index (χ3n) is 6.38. The van der Waals surface area contributed by atoms with Crippen molar-refractivity contribution in [2.45, 2.75) is 64.4 Å². The molecule has 3 rings (SSSR count). The molecule has 2 fully saturated rings. The highest BCUT2D eigenvalue weighted by Gasteiger charge is 2.43. The highest BCUT2D eigenvalue weighted by Crippen LogP contribution is 2.42. The van der Waals surface area contributed by atoms with Gasteiger partial charge in [0.25, 0.3) is 5.92 Å². The number of alkyl halides is 2. The van der Waals surface area contributed by atoms with Gasteiger partial charge in [-0.25, -0.2) is 13.2 Å². The monoisotopic (exact) mass is 466 g/mol. The normalized spacial score (nSPS) is 28.2. The van der Waals surface area contributed by atoms with Crippen molar-refractivity contribution in [2.75, 3.05) is 13.2 Å². The van der Waals surface area contributed by atoms with Crippen LogP contribution in [0.3, 0.4) is 0 Å². The van der Waals surface area contributed by atoms with E-state index in [4.69, 9.17) is 9.47 Å². The summed E-state index contributed by atoms with van der Waals surface area (Å²) >= 11 is 0. The van der Waals surface area contributed by atoms with E-state index in [1.165, 1.54) is 12.1 Å². The lowest BCUT2D eigenvalue weighted by Gasteiger charge is -2.34. The molecular weight excluding hydrogens is 432 g/mol. The molecule has 0 amide bonds. The number of hydrogen-bond donors (Lipinski definition) is 0. The number of rotatable bonds is 8. The minimum Gasteiger partial charge on any atom is -0.490 e. The number of halogens is 4. The quantitative estimate of drug-likeness (QED) is 0.288. The van der Waals surface area contributed by atoms with Crippen LogP contribution in [0.15, 0.2) is 42.5 Å². The van der Waals surface area contributed by atoms with Crippen LogP contribution in [0.2, 0.25) is 0 Å². The molecule has 6 heteroatoms. The van der Waals surface area contributed by atoms with E-state index in [0.29, 0.717) is 32.5 Å². The third kappa shape index (κ3) is 6.95. The molecule has 0 bridgehead atoms. The Hall–Kier alpha value is -2.08. The Labute approximate surface area is 194 Å². The Bertz CT molecular complexity index is 854. The van der Waals surface area contributed by atoms with E-state index in [9.17, 15) is 17.6 Å². The lowest BCUT2D eigenvalue weighted by molar-refractivity contribution is -0.0788. The fourth-order valence-corrected chi connectivity index (χ4v) is 4.47. The summed E-state index contributed by atoms with van der Waals surface area (Å²) in [5.41, 5.74) is 0.161. The Morgan fingerprint density at radius 3 is 2.45 bits per heavy atom. The second-order valence-electron chi connectivity index (χ2n) is 9.02. The van der Waals surface area contributed by atoms with Gasteiger partial charge in [-0.3, -0.25) is 0 Å². The van der Waals surface area contributed by atoms with E-state index < -0.39 is 23.5 Å². The zero-order chi connectivity index (χ0) is 23.8. The summed E-state index contributed by atoms with van der Waals surface area (Å²) in [6.45, 7) is 4.50. The summed E-state index contributed by atoms with van der Waals surface area (Å²) in [7, 11) is 0. The zero-order valence-electron chi connectivity index (χ0n) is 19.4. The van der Waals surface area contributed by atoms with Crippen molar-refractivity contribution in [1.82, 2.24) is 0 Å². The Morgan fingerprint density at radius 2 is 1.79 bits per heavy atom. The molecule has 0 radical (unpaired) electrons. The second kappa shape index (κ2) is 11.9. The van der Waals surface area contributed by atoms with Crippen LogP contribution in [0.25, 0.3) is 6.08 Å². The molecule has 1 heterocycles. The summed E-state index contributed by atoms with van der Waals surface area (Å²) in [5.74, 6) is -5.42. The van der Waals surface area contributed by atoms with Gasteiger partial charge < -0.3 is 9.47 Å². The molecule has 0 spiro atoms. The predicted octanol–water partition coefficient (Wildman–Crippen LogP) is 7.75. The molecule has 4 atom stereocenters. The Balaban J connectivity index is 1.50. The number of hydrogen-bond acceptors (Lipinski definition) is 2. The van der Waals surface area contributed by atoms with Crippen molar-refractivity contribution in [3.63, 3.8) is 0 Å². The topological polar surface area (TPSA) is 18.5 Å². The average molecular weight is 467 g/mol. The first kappa shape index (κ1) is 25.5. The SMILES string of the molecule is C/C=C/C1CCC(/C=C/C2CCC(/C=C/c3ccc(OCCC)c(F)c3F)CO2)C(F)(F)C1. The Morgan fingerprint density at radius 1 is 1.00 bits per heavy atom. The van der Waals surface area contributed by atoms with Crippen LogP contribution in [-0.2, 0) is 4.74 Å². The van der Waals surface area contributed by atoms with E-state index in [1.807, 2.05) is 32.1 Å². The van der Waals surface area contributed by atoms with E-state index in [0.717, 1.165) is 12.8 Å². The fourth-order valence-electron chi connectivity index (χ4n) is 4.47. The maximum Gasteiger partial charge on any atom is 0.254 e. The summed E-state index contributed by atoms with van der Waals surface area (Å²) < 4.78 is 68.4. The number of ether oxygens (including phenoxy) is 2. The largest absolute Gasteiger partial charge is 0.490 e. The molecule has 1 saturated heterocycles. The van der Waals surface area contributed by atoms with Crippen LogP contribution in [-0.4, -0.2) is 25.2 Å². The first-order chi connectivity index (χ1) is 15.8. The van der Waals surface area contributed by atoms with Crippen molar-refractivity contribution >= 4 is 6.08 Å². The standard InChI is InChI=1S/C27H34F4O2/c1-3-5-19-7-11-22(27(30,31)17-19)12-14-23-13-8-20(18-33-23)6-9-21-10-15-24(32-16-4-2)26(29)25(21)28/h3,5-6,9-10,12,14-15,19-20,22-23H,4,7-8,11,13,16-18H2,1-2H3/b5-3+,9-6+,14-12+. The minimum absolute atomic E-state index is 0.0495. The molecule has 2 aliphatic rings. The smallest absolute Gasteiger partial charge is 0.254 e. The van der Waals surface area contributed by atoms with Crippen LogP contribution < -0.4 is 4.74 Å². The van der Waals surface area contributed by atoms with Crippen molar-refractivity contribution in [2.24, 2.45) is 17.8 Å². The van der Waals surface area contributed by atoms with E-state index in [-0.39, 0.29) is 35.7 Å². The van der Waals surface area contributed by atoms with Crippen LogP contribution in [0, 0.1) is 29.4 Å². The lowest BCUT2D eigenvalue weighted by Crippen LogP contribution is -2.34. The minimum atomic E-state index is -2.70. The van der Waals surface area contributed by atoms with Crippen LogP contribution in [0.5, 0.6) is 5.75 Å². The predicted molar refractivity (Wildman–Crippen MR) is 123 cm³/mol. The molecule has 33 heavy (non-hydrogen) atoms. The van der Waals surface area contributed by atoms with Gasteiger partial charge in [-0.05, 0) is 57.1 Å². The van der Waals surface area contributed by atoms with Crippen molar-refractivity contribution in [3.05, 3.63) is 59.7 Å². The second-order valence-corrected chi connectivity index (χ2v) is 9.02. The van der Waals surface area contributed by atoms with Gasteiger partial charge in [0.05, 0.1) is 19.3 Å². The molecule has 1 aromatic carbocycles. The van der Waals surface area contributed by atoms with Crippen LogP contribution >= 0.6 is 0 Å². The Kier molecular flexibility index (Phi) is 9.19. The van der Waals surface area contributed by atoms with Gasteiger partial charge in [0.2, 0.25) is 5.82 Å². The maximum absolute atomic E-state index is 14.5. The van der Waals surface area contributed by atoms with Crippen LogP contribution in [0.1, 0.15) is 57.9 Å². The van der Waals surface area contributed by atoms with Gasteiger partial charge in [-0.2, -0.15) is 4.39 Å². The van der Waals surface area contributed by atoms with Crippen molar-refractivity contribution in [1.29, 1.82) is 0 Å².